The van der Waals surface area contributed by atoms with E-state index in [2.05, 4.69) is 0 Å². The van der Waals surface area contributed by atoms with Crippen LogP contribution in [0.25, 0.3) is 0 Å². The van der Waals surface area contributed by atoms with E-state index in [0.29, 0.717) is 24.7 Å². The van der Waals surface area contributed by atoms with Crippen molar-refractivity contribution in [1.29, 1.82) is 0 Å². The van der Waals surface area contributed by atoms with Gasteiger partial charge < -0.3 is 19.7 Å². The van der Waals surface area contributed by atoms with Crippen LogP contribution in [-0.2, 0) is 4.79 Å². The molecule has 0 aromatic heterocycles. The van der Waals surface area contributed by atoms with Gasteiger partial charge in [-0.15, -0.1) is 0 Å². The molecule has 1 aromatic rings. The van der Waals surface area contributed by atoms with Crippen LogP contribution in [-0.4, -0.2) is 29.4 Å². The Labute approximate surface area is 85.9 Å². The first-order chi connectivity index (χ1) is 7.18. The molecule has 1 atom stereocenters. The lowest BCUT2D eigenvalue weighted by Gasteiger charge is -2.19. The second kappa shape index (κ2) is 3.78. The highest BCUT2D eigenvalue weighted by Crippen LogP contribution is 2.32. The average molecular weight is 210 g/mol. The van der Waals surface area contributed by atoms with Gasteiger partial charge in [0.15, 0.2) is 17.6 Å². The fourth-order valence-corrected chi connectivity index (χ4v) is 1.37. The predicted molar refractivity (Wildman–Crippen MR) is 50.0 cm³/mol. The number of aliphatic hydroxyl groups is 1. The quantitative estimate of drug-likeness (QED) is 0.746. The Morgan fingerprint density at radius 3 is 2.60 bits per heavy atom. The van der Waals surface area contributed by atoms with E-state index in [9.17, 15) is 9.90 Å². The van der Waals surface area contributed by atoms with Crippen molar-refractivity contribution < 1.29 is 24.5 Å². The summed E-state index contributed by atoms with van der Waals surface area (Å²) in [6, 6.07) is 4.58. The molecule has 15 heavy (non-hydrogen) atoms. The van der Waals surface area contributed by atoms with Gasteiger partial charge in [0.05, 0.1) is 0 Å². The molecule has 0 fully saturated rings. The molecule has 1 aliphatic heterocycles. The summed E-state index contributed by atoms with van der Waals surface area (Å²) in [7, 11) is 0. The van der Waals surface area contributed by atoms with Crippen LogP contribution >= 0.6 is 0 Å². The van der Waals surface area contributed by atoms with Crippen LogP contribution in [0.3, 0.4) is 0 Å². The molecule has 1 aliphatic rings. The van der Waals surface area contributed by atoms with Crippen molar-refractivity contribution in [2.45, 2.75) is 6.10 Å². The van der Waals surface area contributed by atoms with Gasteiger partial charge in [0, 0.05) is 0 Å². The van der Waals surface area contributed by atoms with Gasteiger partial charge in [-0.25, -0.2) is 4.79 Å². The summed E-state index contributed by atoms with van der Waals surface area (Å²) in [5.74, 6) is -0.242. The molecule has 0 aliphatic carbocycles. The highest BCUT2D eigenvalue weighted by Gasteiger charge is 2.19. The second-order valence-corrected chi connectivity index (χ2v) is 3.14. The van der Waals surface area contributed by atoms with Crippen molar-refractivity contribution >= 4 is 5.97 Å². The largest absolute Gasteiger partial charge is 0.486 e. The minimum Gasteiger partial charge on any atom is -0.486 e. The predicted octanol–water partition coefficient (Wildman–Crippen LogP) is 0.576. The topological polar surface area (TPSA) is 76.0 Å². The molecule has 1 heterocycles. The smallest absolute Gasteiger partial charge is 0.337 e. The molecular weight excluding hydrogens is 200 g/mol. The molecule has 80 valence electrons. The lowest BCUT2D eigenvalue weighted by Crippen LogP contribution is -2.16. The highest BCUT2D eigenvalue weighted by molar-refractivity contribution is 5.74. The lowest BCUT2D eigenvalue weighted by molar-refractivity contribution is -0.146. The summed E-state index contributed by atoms with van der Waals surface area (Å²) in [6.45, 7) is 0.910. The molecule has 0 saturated carbocycles. The van der Waals surface area contributed by atoms with E-state index in [1.807, 2.05) is 0 Å². The van der Waals surface area contributed by atoms with Crippen molar-refractivity contribution in [2.75, 3.05) is 13.2 Å². The van der Waals surface area contributed by atoms with Gasteiger partial charge in [0.25, 0.3) is 0 Å². The first-order valence-electron chi connectivity index (χ1n) is 4.49. The number of benzene rings is 1. The zero-order chi connectivity index (χ0) is 10.8. The van der Waals surface area contributed by atoms with E-state index >= 15 is 0 Å². The van der Waals surface area contributed by atoms with Crippen LogP contribution in [0.4, 0.5) is 0 Å². The Bertz CT molecular complexity index is 387. The molecule has 5 heteroatoms. The number of ether oxygens (including phenoxy) is 2. The average Bonchev–Trinajstić information content (AvgIpc) is 2.27. The molecular formula is C10H10O5. The maximum atomic E-state index is 10.5. The van der Waals surface area contributed by atoms with Gasteiger partial charge in [-0.1, -0.05) is 6.07 Å². The molecule has 0 spiro atoms. The molecule has 2 N–H and O–H groups in total. The number of aliphatic carboxylic acids is 1. The van der Waals surface area contributed by atoms with Crippen molar-refractivity contribution in [3.8, 4) is 11.5 Å². The highest BCUT2D eigenvalue weighted by atomic mass is 16.6. The van der Waals surface area contributed by atoms with Gasteiger partial charge in [-0.2, -0.15) is 0 Å². The van der Waals surface area contributed by atoms with Gasteiger partial charge in [-0.05, 0) is 17.7 Å². The number of carbonyl (C=O) groups is 1. The number of hydrogen-bond donors (Lipinski definition) is 2. The maximum absolute atomic E-state index is 10.5. The third kappa shape index (κ3) is 1.87. The van der Waals surface area contributed by atoms with Gasteiger partial charge in [-0.3, -0.25) is 0 Å². The first-order valence-corrected chi connectivity index (χ1v) is 4.49. The van der Waals surface area contributed by atoms with Crippen LogP contribution in [0.5, 0.6) is 11.5 Å². The molecule has 0 saturated heterocycles. The van der Waals surface area contributed by atoms with Crippen molar-refractivity contribution in [1.82, 2.24) is 0 Å². The molecule has 0 unspecified atom stereocenters. The van der Waals surface area contributed by atoms with E-state index < -0.39 is 12.1 Å². The van der Waals surface area contributed by atoms with E-state index in [4.69, 9.17) is 14.6 Å². The van der Waals surface area contributed by atoms with Crippen molar-refractivity contribution in [2.24, 2.45) is 0 Å². The Hall–Kier alpha value is -1.75. The second-order valence-electron chi connectivity index (χ2n) is 3.14. The van der Waals surface area contributed by atoms with Crippen LogP contribution in [0, 0.1) is 0 Å². The SMILES string of the molecule is O=C(O)[C@@H](O)c1ccc2c(c1)OCCO2. The normalized spacial score (nSPS) is 15.8. The Kier molecular flexibility index (Phi) is 2.47. The van der Waals surface area contributed by atoms with Crippen molar-refractivity contribution in [3.63, 3.8) is 0 Å². The molecule has 0 amide bonds. The van der Waals surface area contributed by atoms with Crippen LogP contribution < -0.4 is 9.47 Å². The van der Waals surface area contributed by atoms with Gasteiger partial charge >= 0.3 is 5.97 Å². The fourth-order valence-electron chi connectivity index (χ4n) is 1.37. The summed E-state index contributed by atoms with van der Waals surface area (Å²) in [6.07, 6.45) is -1.53. The Morgan fingerprint density at radius 2 is 1.93 bits per heavy atom. The third-order valence-corrected chi connectivity index (χ3v) is 2.12. The Morgan fingerprint density at radius 1 is 1.27 bits per heavy atom. The van der Waals surface area contributed by atoms with Gasteiger partial charge in [0.2, 0.25) is 0 Å². The summed E-state index contributed by atoms with van der Waals surface area (Å²) in [4.78, 5) is 10.5. The number of carboxylic acids is 1. The third-order valence-electron chi connectivity index (χ3n) is 2.12. The number of carboxylic acid groups (broad SMARTS) is 1. The number of hydrogen-bond acceptors (Lipinski definition) is 4. The minimum atomic E-state index is -1.53. The summed E-state index contributed by atoms with van der Waals surface area (Å²) in [5.41, 5.74) is 0.284. The zero-order valence-corrected chi connectivity index (χ0v) is 7.84. The van der Waals surface area contributed by atoms with E-state index in [-0.39, 0.29) is 5.56 Å². The van der Waals surface area contributed by atoms with Crippen LogP contribution in [0.1, 0.15) is 11.7 Å². The van der Waals surface area contributed by atoms with Crippen LogP contribution in [0.2, 0.25) is 0 Å². The summed E-state index contributed by atoms with van der Waals surface area (Å²) in [5, 5.41) is 17.9. The first kappa shape index (κ1) is 9.79. The van der Waals surface area contributed by atoms with Crippen LogP contribution in [0.15, 0.2) is 18.2 Å². The molecule has 0 bridgehead atoms. The molecule has 2 rings (SSSR count). The Balaban J connectivity index is 2.31. The lowest BCUT2D eigenvalue weighted by atomic mass is 10.1. The van der Waals surface area contributed by atoms with Gasteiger partial charge in [0.1, 0.15) is 13.2 Å². The van der Waals surface area contributed by atoms with E-state index in [1.54, 1.807) is 6.07 Å². The number of rotatable bonds is 2. The molecule has 0 radical (unpaired) electrons. The number of fused-ring (bicyclic) bond motifs is 1. The zero-order valence-electron chi connectivity index (χ0n) is 7.84. The monoisotopic (exact) mass is 210 g/mol. The van der Waals surface area contributed by atoms with Crippen molar-refractivity contribution in [3.05, 3.63) is 23.8 Å². The standard InChI is InChI=1S/C10H10O5/c11-9(10(12)13)6-1-2-7-8(5-6)15-4-3-14-7/h1-2,5,9,11H,3-4H2,(H,12,13)/t9-/m0/s1. The fraction of sp³-hybridized carbons (Fsp3) is 0.300. The minimum absolute atomic E-state index is 0.284. The summed E-state index contributed by atoms with van der Waals surface area (Å²) < 4.78 is 10.5. The summed E-state index contributed by atoms with van der Waals surface area (Å²) >= 11 is 0. The van der Waals surface area contributed by atoms with E-state index in [1.165, 1.54) is 12.1 Å². The number of aliphatic hydroxyl groups excluding tert-OH is 1. The molecule has 1 aromatic carbocycles. The van der Waals surface area contributed by atoms with E-state index in [0.717, 1.165) is 0 Å². The molecule has 5 nitrogen and oxygen atoms in total. The maximum Gasteiger partial charge on any atom is 0.337 e.